The van der Waals surface area contributed by atoms with E-state index in [9.17, 15) is 0 Å². The van der Waals surface area contributed by atoms with Gasteiger partial charge in [-0.05, 0) is 17.9 Å². The van der Waals surface area contributed by atoms with Crippen molar-refractivity contribution >= 4 is 0 Å². The van der Waals surface area contributed by atoms with Crippen LogP contribution in [0.15, 0.2) is 0 Å². The molecule has 0 saturated carbocycles. The number of hydrogen-bond acceptors (Lipinski definition) is 3. The summed E-state index contributed by atoms with van der Waals surface area (Å²) >= 11 is 0. The largest absolute Gasteiger partial charge is 0.374 e. The third-order valence-electron chi connectivity index (χ3n) is 3.31. The summed E-state index contributed by atoms with van der Waals surface area (Å²) in [7, 11) is 0. The van der Waals surface area contributed by atoms with Gasteiger partial charge in [-0.15, -0.1) is 0 Å². The topological polar surface area (TPSA) is 33.3 Å². The molecule has 3 heteroatoms. The summed E-state index contributed by atoms with van der Waals surface area (Å²) in [6.07, 6.45) is 0.353. The van der Waals surface area contributed by atoms with Gasteiger partial charge >= 0.3 is 0 Å². The highest BCUT2D eigenvalue weighted by Gasteiger charge is 2.20. The lowest BCUT2D eigenvalue weighted by Gasteiger charge is -2.29. The number of nitrogens with one attached hydrogen (secondary N) is 2. The quantitative estimate of drug-likeness (QED) is 0.739. The van der Waals surface area contributed by atoms with Crippen LogP contribution in [0.5, 0.6) is 0 Å². The fourth-order valence-corrected chi connectivity index (χ4v) is 1.52. The van der Waals surface area contributed by atoms with E-state index < -0.39 is 0 Å². The predicted molar refractivity (Wildman–Crippen MR) is 64.1 cm³/mol. The summed E-state index contributed by atoms with van der Waals surface area (Å²) in [5.41, 5.74) is 0.388. The van der Waals surface area contributed by atoms with E-state index in [2.05, 4.69) is 38.3 Å². The third kappa shape index (κ3) is 4.96. The molecule has 0 aromatic carbocycles. The second kappa shape index (κ2) is 5.83. The molecular weight excluding hydrogens is 188 g/mol. The highest BCUT2D eigenvalue weighted by atomic mass is 16.5. The van der Waals surface area contributed by atoms with Gasteiger partial charge in [0.05, 0.1) is 12.7 Å². The molecule has 1 fully saturated rings. The first-order valence-electron chi connectivity index (χ1n) is 6.03. The molecule has 0 spiro atoms. The Morgan fingerprint density at radius 3 is 2.73 bits per heavy atom. The van der Waals surface area contributed by atoms with Gasteiger partial charge in [-0.1, -0.05) is 27.7 Å². The van der Waals surface area contributed by atoms with Gasteiger partial charge in [0.25, 0.3) is 0 Å². The maximum atomic E-state index is 5.62. The molecule has 90 valence electrons. The van der Waals surface area contributed by atoms with Crippen molar-refractivity contribution in [3.63, 3.8) is 0 Å². The summed E-state index contributed by atoms with van der Waals surface area (Å²) < 4.78 is 5.62. The van der Waals surface area contributed by atoms with Crippen LogP contribution < -0.4 is 10.6 Å². The molecule has 0 radical (unpaired) electrons. The molecule has 15 heavy (non-hydrogen) atoms. The van der Waals surface area contributed by atoms with Crippen molar-refractivity contribution < 1.29 is 4.74 Å². The Morgan fingerprint density at radius 2 is 2.20 bits per heavy atom. The molecule has 1 aliphatic heterocycles. The molecule has 2 unspecified atom stereocenters. The third-order valence-corrected chi connectivity index (χ3v) is 3.31. The van der Waals surface area contributed by atoms with Gasteiger partial charge in [-0.2, -0.15) is 0 Å². The van der Waals surface area contributed by atoms with Gasteiger partial charge in [0.1, 0.15) is 0 Å². The normalized spacial score (nSPS) is 25.2. The second-order valence-electron chi connectivity index (χ2n) is 5.62. The van der Waals surface area contributed by atoms with Gasteiger partial charge in [0.2, 0.25) is 0 Å². The van der Waals surface area contributed by atoms with E-state index >= 15 is 0 Å². The smallest absolute Gasteiger partial charge is 0.0824 e. The van der Waals surface area contributed by atoms with Crippen molar-refractivity contribution in [3.05, 3.63) is 0 Å². The molecule has 1 rings (SSSR count). The zero-order valence-electron chi connectivity index (χ0n) is 10.6. The summed E-state index contributed by atoms with van der Waals surface area (Å²) in [5.74, 6) is 0.689. The van der Waals surface area contributed by atoms with E-state index in [0.717, 1.165) is 32.8 Å². The number of hydrogen-bond donors (Lipinski definition) is 2. The lowest BCUT2D eigenvalue weighted by molar-refractivity contribution is 0.0280. The van der Waals surface area contributed by atoms with Crippen LogP contribution in [0.25, 0.3) is 0 Å². The van der Waals surface area contributed by atoms with E-state index in [4.69, 9.17) is 4.74 Å². The number of ether oxygens (including phenoxy) is 1. The zero-order valence-corrected chi connectivity index (χ0v) is 10.6. The molecule has 0 amide bonds. The van der Waals surface area contributed by atoms with Crippen molar-refractivity contribution in [2.75, 3.05) is 32.8 Å². The molecule has 3 nitrogen and oxygen atoms in total. The average Bonchev–Trinajstić information content (AvgIpc) is 2.18. The molecule has 0 aromatic heterocycles. The van der Waals surface area contributed by atoms with Gasteiger partial charge < -0.3 is 15.4 Å². The van der Waals surface area contributed by atoms with Crippen LogP contribution in [-0.2, 0) is 4.74 Å². The van der Waals surface area contributed by atoms with Crippen LogP contribution in [0.3, 0.4) is 0 Å². The fraction of sp³-hybridized carbons (Fsp3) is 1.00. The summed E-state index contributed by atoms with van der Waals surface area (Å²) in [4.78, 5) is 0. The van der Waals surface area contributed by atoms with Crippen LogP contribution in [-0.4, -0.2) is 38.9 Å². The van der Waals surface area contributed by atoms with Crippen molar-refractivity contribution in [2.24, 2.45) is 11.3 Å². The highest BCUT2D eigenvalue weighted by molar-refractivity contribution is 4.74. The molecular formula is C12H26N2O. The summed E-state index contributed by atoms with van der Waals surface area (Å²) in [5, 5.41) is 6.83. The monoisotopic (exact) mass is 214 g/mol. The van der Waals surface area contributed by atoms with E-state index in [-0.39, 0.29) is 0 Å². The molecule has 2 N–H and O–H groups in total. The molecule has 1 heterocycles. The van der Waals surface area contributed by atoms with Crippen LogP contribution in [0.2, 0.25) is 0 Å². The first-order valence-corrected chi connectivity index (χ1v) is 6.03. The number of rotatable bonds is 4. The minimum atomic E-state index is 0.353. The van der Waals surface area contributed by atoms with Gasteiger partial charge in [-0.3, -0.25) is 0 Å². The molecule has 2 atom stereocenters. The van der Waals surface area contributed by atoms with Crippen molar-refractivity contribution in [2.45, 2.75) is 33.8 Å². The van der Waals surface area contributed by atoms with E-state index in [1.54, 1.807) is 0 Å². The molecule has 0 aromatic rings. The Bertz CT molecular complexity index is 171. The van der Waals surface area contributed by atoms with Gasteiger partial charge in [-0.25, -0.2) is 0 Å². The zero-order chi connectivity index (χ0) is 11.3. The van der Waals surface area contributed by atoms with Crippen molar-refractivity contribution in [1.29, 1.82) is 0 Å². The second-order valence-corrected chi connectivity index (χ2v) is 5.62. The highest BCUT2D eigenvalue weighted by Crippen LogP contribution is 2.24. The maximum Gasteiger partial charge on any atom is 0.0824 e. The predicted octanol–water partition coefficient (Wildman–Crippen LogP) is 1.25. The maximum absolute atomic E-state index is 5.62. The first kappa shape index (κ1) is 12.9. The average molecular weight is 214 g/mol. The Hall–Kier alpha value is -0.120. The Morgan fingerprint density at radius 1 is 1.47 bits per heavy atom. The summed E-state index contributed by atoms with van der Waals surface area (Å²) in [6.45, 7) is 14.0. The number of morpholine rings is 1. The van der Waals surface area contributed by atoms with E-state index in [1.807, 2.05) is 0 Å². The van der Waals surface area contributed by atoms with Crippen LogP contribution >= 0.6 is 0 Å². The Kier molecular flexibility index (Phi) is 5.03. The van der Waals surface area contributed by atoms with Crippen LogP contribution in [0, 0.1) is 11.3 Å². The first-order chi connectivity index (χ1) is 7.00. The molecule has 1 aliphatic rings. The summed E-state index contributed by atoms with van der Waals surface area (Å²) in [6, 6.07) is 0. The minimum Gasteiger partial charge on any atom is -0.374 e. The van der Waals surface area contributed by atoms with Gasteiger partial charge in [0, 0.05) is 19.6 Å². The Labute approximate surface area is 94.0 Å². The van der Waals surface area contributed by atoms with Gasteiger partial charge in [0.15, 0.2) is 0 Å². The van der Waals surface area contributed by atoms with E-state index in [0.29, 0.717) is 17.4 Å². The van der Waals surface area contributed by atoms with Crippen LogP contribution in [0.4, 0.5) is 0 Å². The standard InChI is InChI=1S/C12H26N2O/c1-10(12(2,3)4)7-14-9-11-8-13-5-6-15-11/h10-11,13-14H,5-9H2,1-4H3. The lowest BCUT2D eigenvalue weighted by atomic mass is 9.82. The molecule has 1 saturated heterocycles. The fourth-order valence-electron chi connectivity index (χ4n) is 1.52. The minimum absolute atomic E-state index is 0.353. The van der Waals surface area contributed by atoms with E-state index in [1.165, 1.54) is 0 Å². The SMILES string of the molecule is CC(CNCC1CNCCO1)C(C)(C)C. The Balaban J connectivity index is 2.10. The lowest BCUT2D eigenvalue weighted by Crippen LogP contribution is -2.45. The van der Waals surface area contributed by atoms with Crippen molar-refractivity contribution in [3.8, 4) is 0 Å². The molecule has 0 aliphatic carbocycles. The molecule has 0 bridgehead atoms. The van der Waals surface area contributed by atoms with Crippen molar-refractivity contribution in [1.82, 2.24) is 10.6 Å². The van der Waals surface area contributed by atoms with Crippen LogP contribution in [0.1, 0.15) is 27.7 Å².